The topological polar surface area (TPSA) is 61.1 Å². The number of hydrogen-bond donors (Lipinski definition) is 1. The summed E-state index contributed by atoms with van der Waals surface area (Å²) in [4.78, 5) is 10.2. The third-order valence-electron chi connectivity index (χ3n) is 0.629. The highest BCUT2D eigenvalue weighted by Crippen LogP contribution is 1.89. The number of ketones is 1. The molecule has 0 heterocycles. The number of carbonyl (C=O) groups is 1. The van der Waals surface area contributed by atoms with Gasteiger partial charge in [0, 0.05) is 0 Å². The summed E-state index contributed by atoms with van der Waals surface area (Å²) in [6.45, 7) is 1.21. The molecule has 0 fully saturated rings. The summed E-state index contributed by atoms with van der Waals surface area (Å²) < 4.78 is 0. The van der Waals surface area contributed by atoms with E-state index in [1.54, 1.807) is 0 Å². The Morgan fingerprint density at radius 2 is 2.38 bits per heavy atom. The van der Waals surface area contributed by atoms with E-state index in [4.69, 9.17) is 10.4 Å². The van der Waals surface area contributed by atoms with Crippen LogP contribution < -0.4 is 0 Å². The van der Waals surface area contributed by atoms with Gasteiger partial charge in [-0.1, -0.05) is 0 Å². The van der Waals surface area contributed by atoms with Crippen LogP contribution in [0.2, 0.25) is 0 Å². The van der Waals surface area contributed by atoms with Crippen molar-refractivity contribution in [3.8, 4) is 6.07 Å². The number of hydrogen-bond acceptors (Lipinski definition) is 3. The Balaban J connectivity index is 4.20. The lowest BCUT2D eigenvalue weighted by Gasteiger charge is -1.81. The fourth-order valence-electron chi connectivity index (χ4n) is 0.198. The molecule has 42 valence electrons. The third-order valence-corrected chi connectivity index (χ3v) is 0.629. The number of nitrogens with zero attached hydrogens (tertiary/aromatic N) is 1. The van der Waals surface area contributed by atoms with E-state index in [0.717, 1.165) is 0 Å². The number of Topliss-reactive ketones (excluding diaryl/α,β-unsaturated/α-hetero) is 1. The van der Waals surface area contributed by atoms with Crippen molar-refractivity contribution in [1.29, 1.82) is 5.26 Å². The predicted octanol–water partition coefficient (Wildman–Crippen LogP) is 0.541. The summed E-state index contributed by atoms with van der Waals surface area (Å²) >= 11 is 0. The zero-order valence-electron chi connectivity index (χ0n) is 4.38. The Morgan fingerprint density at radius 1 is 1.88 bits per heavy atom. The van der Waals surface area contributed by atoms with Crippen molar-refractivity contribution >= 4 is 5.78 Å². The van der Waals surface area contributed by atoms with E-state index in [-0.39, 0.29) is 5.57 Å². The smallest absolute Gasteiger partial charge is 0.173 e. The molecule has 0 saturated heterocycles. The van der Waals surface area contributed by atoms with Gasteiger partial charge >= 0.3 is 0 Å². The maximum atomic E-state index is 10.2. The second-order valence-electron chi connectivity index (χ2n) is 1.21. The lowest BCUT2D eigenvalue weighted by Crippen LogP contribution is -1.91. The molecular formula is C5H5NO2. The van der Waals surface area contributed by atoms with Gasteiger partial charge in [-0.15, -0.1) is 0 Å². The number of rotatable bonds is 1. The highest BCUT2D eigenvalue weighted by molar-refractivity contribution is 5.96. The standard InChI is InChI=1S/C5H5NO2/c1-4(8)5(2-6)3-7/h3,7H,1H3/b5-3-. The summed E-state index contributed by atoms with van der Waals surface area (Å²) in [5.74, 6) is -0.421. The van der Waals surface area contributed by atoms with Crippen LogP contribution in [0.1, 0.15) is 6.92 Å². The lowest BCUT2D eigenvalue weighted by molar-refractivity contribution is -0.113. The molecule has 3 nitrogen and oxygen atoms in total. The van der Waals surface area contributed by atoms with Crippen LogP contribution in [-0.2, 0) is 4.79 Å². The maximum absolute atomic E-state index is 10.2. The first-order valence-electron chi connectivity index (χ1n) is 1.97. The molecule has 0 aromatic rings. The molecule has 0 amide bonds. The van der Waals surface area contributed by atoms with Crippen molar-refractivity contribution in [3.63, 3.8) is 0 Å². The van der Waals surface area contributed by atoms with Gasteiger partial charge in [-0.25, -0.2) is 0 Å². The van der Waals surface area contributed by atoms with Crippen molar-refractivity contribution in [3.05, 3.63) is 11.8 Å². The van der Waals surface area contributed by atoms with Gasteiger partial charge in [-0.3, -0.25) is 4.79 Å². The molecule has 0 aliphatic rings. The first kappa shape index (κ1) is 6.70. The van der Waals surface area contributed by atoms with Crippen molar-refractivity contribution in [1.82, 2.24) is 0 Å². The van der Waals surface area contributed by atoms with E-state index in [1.165, 1.54) is 13.0 Å². The monoisotopic (exact) mass is 111 g/mol. The molecule has 0 atom stereocenters. The highest BCUT2D eigenvalue weighted by atomic mass is 16.2. The van der Waals surface area contributed by atoms with E-state index >= 15 is 0 Å². The second kappa shape index (κ2) is 2.80. The third kappa shape index (κ3) is 1.43. The van der Waals surface area contributed by atoms with Gasteiger partial charge < -0.3 is 5.11 Å². The number of carbonyl (C=O) groups excluding carboxylic acids is 1. The van der Waals surface area contributed by atoms with Crippen LogP contribution in [0, 0.1) is 11.3 Å². The van der Waals surface area contributed by atoms with E-state index in [2.05, 4.69) is 0 Å². The van der Waals surface area contributed by atoms with Gasteiger partial charge in [0.2, 0.25) is 0 Å². The summed E-state index contributed by atoms with van der Waals surface area (Å²) in [6.07, 6.45) is 0.502. The number of aliphatic hydroxyl groups excluding tert-OH is 1. The Bertz CT molecular complexity index is 164. The molecule has 0 spiro atoms. The Hall–Kier alpha value is -1.30. The van der Waals surface area contributed by atoms with E-state index in [9.17, 15) is 4.79 Å². The van der Waals surface area contributed by atoms with E-state index < -0.39 is 5.78 Å². The average molecular weight is 111 g/mol. The molecule has 0 aliphatic carbocycles. The van der Waals surface area contributed by atoms with Gasteiger partial charge in [-0.2, -0.15) is 5.26 Å². The Labute approximate surface area is 46.9 Å². The summed E-state index contributed by atoms with van der Waals surface area (Å²) in [7, 11) is 0. The summed E-state index contributed by atoms with van der Waals surface area (Å²) in [6, 6.07) is 1.51. The van der Waals surface area contributed by atoms with Crippen molar-refractivity contribution < 1.29 is 9.90 Å². The first-order valence-corrected chi connectivity index (χ1v) is 1.97. The van der Waals surface area contributed by atoms with E-state index in [1.807, 2.05) is 0 Å². The van der Waals surface area contributed by atoms with Crippen molar-refractivity contribution in [2.75, 3.05) is 0 Å². The van der Waals surface area contributed by atoms with Gasteiger partial charge in [-0.05, 0) is 6.92 Å². The van der Waals surface area contributed by atoms with Crippen LogP contribution >= 0.6 is 0 Å². The summed E-state index contributed by atoms with van der Waals surface area (Å²) in [5.41, 5.74) is -0.218. The molecule has 0 aliphatic heterocycles. The van der Waals surface area contributed by atoms with Gasteiger partial charge in [0.15, 0.2) is 5.78 Å². The highest BCUT2D eigenvalue weighted by Gasteiger charge is 1.98. The van der Waals surface area contributed by atoms with Crippen molar-refractivity contribution in [2.45, 2.75) is 6.92 Å². The van der Waals surface area contributed by atoms with Crippen LogP contribution in [0.4, 0.5) is 0 Å². The lowest BCUT2D eigenvalue weighted by atomic mass is 10.2. The molecule has 0 bridgehead atoms. The molecule has 0 unspecified atom stereocenters. The zero-order valence-corrected chi connectivity index (χ0v) is 4.38. The largest absolute Gasteiger partial charge is 0.514 e. The molecule has 0 saturated carbocycles. The van der Waals surface area contributed by atoms with Crippen LogP contribution in [-0.4, -0.2) is 10.9 Å². The molecular weight excluding hydrogens is 106 g/mol. The molecule has 0 rings (SSSR count). The minimum atomic E-state index is -0.421. The quantitative estimate of drug-likeness (QED) is 0.305. The molecule has 1 N–H and O–H groups in total. The molecule has 0 aromatic heterocycles. The summed E-state index contributed by atoms with van der Waals surface area (Å²) in [5, 5.41) is 16.1. The Kier molecular flexibility index (Phi) is 2.35. The minimum absolute atomic E-state index is 0.218. The molecule has 0 radical (unpaired) electrons. The van der Waals surface area contributed by atoms with Crippen LogP contribution in [0.5, 0.6) is 0 Å². The van der Waals surface area contributed by atoms with Gasteiger partial charge in [0.1, 0.15) is 17.9 Å². The first-order chi connectivity index (χ1) is 3.72. The van der Waals surface area contributed by atoms with Crippen LogP contribution in [0.25, 0.3) is 0 Å². The normalized spacial score (nSPS) is 10.2. The fourth-order valence-corrected chi connectivity index (χ4v) is 0.198. The fraction of sp³-hybridized carbons (Fsp3) is 0.200. The maximum Gasteiger partial charge on any atom is 0.173 e. The van der Waals surface area contributed by atoms with Gasteiger partial charge in [0.05, 0.1) is 0 Å². The second-order valence-corrected chi connectivity index (χ2v) is 1.21. The molecule has 0 aromatic carbocycles. The predicted molar refractivity (Wildman–Crippen MR) is 27.0 cm³/mol. The van der Waals surface area contributed by atoms with Gasteiger partial charge in [0.25, 0.3) is 0 Å². The Morgan fingerprint density at radius 3 is 2.38 bits per heavy atom. The number of nitriles is 1. The molecule has 8 heavy (non-hydrogen) atoms. The van der Waals surface area contributed by atoms with Crippen LogP contribution in [0.15, 0.2) is 11.8 Å². The SMILES string of the molecule is CC(=O)/C(C#N)=C\O. The minimum Gasteiger partial charge on any atom is -0.514 e. The number of allylic oxidation sites excluding steroid dienone is 1. The van der Waals surface area contributed by atoms with E-state index in [0.29, 0.717) is 6.26 Å². The van der Waals surface area contributed by atoms with Crippen LogP contribution in [0.3, 0.4) is 0 Å². The average Bonchev–Trinajstić information content (AvgIpc) is 1.69. The molecule has 3 heteroatoms. The van der Waals surface area contributed by atoms with Crippen molar-refractivity contribution in [2.24, 2.45) is 0 Å². The number of aliphatic hydroxyl groups is 1. The zero-order chi connectivity index (χ0) is 6.57.